The number of thiophene rings is 1. The van der Waals surface area contributed by atoms with Crippen molar-refractivity contribution in [3.63, 3.8) is 0 Å². The standard InChI is InChI=1S/C17H23NO3.C8H9BrS.C6H12/c1-5-7-13-8-9-15(21-11-16(19)20-4)14-10-12(3)18(6-2)17(13)14;1-6(2)5-7-3-4-8(9)10-7;1-3-5-6-4-2/h8-10H,5-7,11H2,1-4H3;3-4H,1,5H2,2H3;5-6H,3-4H2,1-2H3/b;;6-5-. The molecule has 0 aliphatic heterocycles. The van der Waals surface area contributed by atoms with Gasteiger partial charge in [-0.1, -0.05) is 57.6 Å². The minimum absolute atomic E-state index is 0.0604. The predicted molar refractivity (Wildman–Crippen MR) is 164 cm³/mol. The lowest BCUT2D eigenvalue weighted by molar-refractivity contribution is -0.142. The van der Waals surface area contributed by atoms with E-state index in [2.05, 4.69) is 103 Å². The Morgan fingerprint density at radius 1 is 1.11 bits per heavy atom. The van der Waals surface area contributed by atoms with E-state index >= 15 is 0 Å². The maximum atomic E-state index is 11.3. The lowest BCUT2D eigenvalue weighted by Gasteiger charge is -2.12. The zero-order valence-electron chi connectivity index (χ0n) is 23.7. The number of aromatic nitrogens is 1. The second-order valence-electron chi connectivity index (χ2n) is 8.76. The highest BCUT2D eigenvalue weighted by Gasteiger charge is 2.14. The molecule has 204 valence electrons. The number of hydrogen-bond donors (Lipinski definition) is 0. The Balaban J connectivity index is 0.000000353. The molecule has 3 aromatic rings. The fraction of sp³-hybridized carbons (Fsp3) is 0.452. The largest absolute Gasteiger partial charge is 0.481 e. The summed E-state index contributed by atoms with van der Waals surface area (Å²) in [7, 11) is 1.36. The molecule has 0 amide bonds. The number of allylic oxidation sites excluding steroid dienone is 3. The van der Waals surface area contributed by atoms with Gasteiger partial charge in [0.25, 0.3) is 0 Å². The molecule has 4 nitrogen and oxygen atoms in total. The first-order valence-electron chi connectivity index (χ1n) is 13.1. The summed E-state index contributed by atoms with van der Waals surface area (Å²) in [5.74, 6) is 0.373. The van der Waals surface area contributed by atoms with Crippen LogP contribution in [-0.4, -0.2) is 24.3 Å². The van der Waals surface area contributed by atoms with Crippen LogP contribution in [0.1, 0.15) is 70.0 Å². The predicted octanol–water partition coefficient (Wildman–Crippen LogP) is 9.47. The molecule has 37 heavy (non-hydrogen) atoms. The molecule has 0 aliphatic rings. The average Bonchev–Trinajstić information content (AvgIpc) is 3.44. The summed E-state index contributed by atoms with van der Waals surface area (Å²) in [5, 5.41) is 1.07. The van der Waals surface area contributed by atoms with Gasteiger partial charge in [-0.15, -0.1) is 11.3 Å². The molecule has 2 aromatic heterocycles. The zero-order valence-corrected chi connectivity index (χ0v) is 26.1. The fourth-order valence-corrected chi connectivity index (χ4v) is 5.43. The van der Waals surface area contributed by atoms with Crippen LogP contribution in [0, 0.1) is 6.92 Å². The quantitative estimate of drug-likeness (QED) is 0.174. The Morgan fingerprint density at radius 3 is 2.27 bits per heavy atom. The van der Waals surface area contributed by atoms with E-state index in [1.165, 1.54) is 51.0 Å². The summed E-state index contributed by atoms with van der Waals surface area (Å²) in [6.07, 6.45) is 9.86. The number of esters is 1. The van der Waals surface area contributed by atoms with Crippen molar-refractivity contribution in [2.75, 3.05) is 13.7 Å². The van der Waals surface area contributed by atoms with Gasteiger partial charge in [0.2, 0.25) is 0 Å². The van der Waals surface area contributed by atoms with E-state index in [1.807, 2.05) is 13.0 Å². The summed E-state index contributed by atoms with van der Waals surface area (Å²) >= 11 is 5.18. The second-order valence-corrected chi connectivity index (χ2v) is 11.3. The monoisotopic (exact) mass is 589 g/mol. The van der Waals surface area contributed by atoms with Crippen LogP contribution in [0.5, 0.6) is 5.75 Å². The number of methoxy groups -OCH3 is 1. The van der Waals surface area contributed by atoms with Crippen molar-refractivity contribution in [1.29, 1.82) is 0 Å². The topological polar surface area (TPSA) is 40.5 Å². The maximum Gasteiger partial charge on any atom is 0.343 e. The van der Waals surface area contributed by atoms with Crippen molar-refractivity contribution in [2.45, 2.75) is 80.2 Å². The van der Waals surface area contributed by atoms with Crippen LogP contribution in [0.3, 0.4) is 0 Å². The first-order valence-corrected chi connectivity index (χ1v) is 14.7. The smallest absolute Gasteiger partial charge is 0.343 e. The first-order chi connectivity index (χ1) is 17.7. The van der Waals surface area contributed by atoms with Crippen molar-refractivity contribution in [3.05, 3.63) is 74.6 Å². The van der Waals surface area contributed by atoms with Crippen molar-refractivity contribution in [3.8, 4) is 5.75 Å². The number of benzene rings is 1. The highest BCUT2D eigenvalue weighted by molar-refractivity contribution is 9.11. The summed E-state index contributed by atoms with van der Waals surface area (Å²) in [5.41, 5.74) is 4.97. The lowest BCUT2D eigenvalue weighted by atomic mass is 10.1. The van der Waals surface area contributed by atoms with Crippen LogP contribution in [0.25, 0.3) is 10.9 Å². The van der Waals surface area contributed by atoms with Gasteiger partial charge in [0.1, 0.15) is 5.75 Å². The molecule has 1 aromatic carbocycles. The molecular formula is C31H44BrNO3S. The van der Waals surface area contributed by atoms with Crippen LogP contribution < -0.4 is 4.74 Å². The third-order valence-electron chi connectivity index (χ3n) is 5.46. The van der Waals surface area contributed by atoms with E-state index < -0.39 is 0 Å². The van der Waals surface area contributed by atoms with E-state index in [0.717, 1.165) is 36.9 Å². The van der Waals surface area contributed by atoms with Gasteiger partial charge in [-0.25, -0.2) is 4.79 Å². The minimum atomic E-state index is -0.368. The third-order valence-corrected chi connectivity index (χ3v) is 7.08. The molecule has 0 fully saturated rings. The SMILES string of the molecule is C=C(C)Cc1ccc(Br)s1.CC/C=C\CC.CCCc1ccc(OCC(=O)OC)c2cc(C)n(CC)c12. The molecule has 0 atom stereocenters. The van der Waals surface area contributed by atoms with E-state index in [9.17, 15) is 4.79 Å². The number of aryl methyl sites for hydroxylation is 3. The third kappa shape index (κ3) is 11.3. The van der Waals surface area contributed by atoms with Gasteiger partial charge in [0.15, 0.2) is 6.61 Å². The number of fused-ring (bicyclic) bond motifs is 1. The summed E-state index contributed by atoms with van der Waals surface area (Å²) in [4.78, 5) is 12.6. The molecular weight excluding hydrogens is 546 g/mol. The Hall–Kier alpha value is -2.31. The van der Waals surface area contributed by atoms with Crippen molar-refractivity contribution in [1.82, 2.24) is 4.57 Å². The van der Waals surface area contributed by atoms with Gasteiger partial charge in [0.05, 0.1) is 16.4 Å². The minimum Gasteiger partial charge on any atom is -0.481 e. The Bertz CT molecular complexity index is 1140. The van der Waals surface area contributed by atoms with Gasteiger partial charge in [-0.3, -0.25) is 0 Å². The number of nitrogens with zero attached hydrogens (tertiary/aromatic N) is 1. The molecule has 0 aliphatic carbocycles. The molecule has 0 saturated carbocycles. The molecule has 0 bridgehead atoms. The molecule has 0 spiro atoms. The number of carbonyl (C=O) groups excluding carboxylic acids is 1. The lowest BCUT2D eigenvalue weighted by Crippen LogP contribution is -2.12. The Morgan fingerprint density at radius 2 is 1.78 bits per heavy atom. The van der Waals surface area contributed by atoms with Crippen LogP contribution >= 0.6 is 27.3 Å². The highest BCUT2D eigenvalue weighted by Crippen LogP contribution is 2.32. The Labute approximate surface area is 236 Å². The molecule has 0 unspecified atom stereocenters. The van der Waals surface area contributed by atoms with Crippen LogP contribution in [0.2, 0.25) is 0 Å². The van der Waals surface area contributed by atoms with Crippen molar-refractivity contribution in [2.24, 2.45) is 0 Å². The Kier molecular flexibility index (Phi) is 15.9. The summed E-state index contributed by atoms with van der Waals surface area (Å²) in [6, 6.07) is 10.4. The fourth-order valence-electron chi connectivity index (χ4n) is 3.83. The maximum absolute atomic E-state index is 11.3. The number of halogens is 1. The zero-order chi connectivity index (χ0) is 27.8. The van der Waals surface area contributed by atoms with Gasteiger partial charge < -0.3 is 14.0 Å². The normalized spacial score (nSPS) is 10.5. The highest BCUT2D eigenvalue weighted by atomic mass is 79.9. The molecule has 0 radical (unpaired) electrons. The van der Waals surface area contributed by atoms with E-state index in [1.54, 1.807) is 11.3 Å². The van der Waals surface area contributed by atoms with Gasteiger partial charge in [-0.2, -0.15) is 0 Å². The number of ether oxygens (including phenoxy) is 2. The second kappa shape index (κ2) is 18.0. The van der Waals surface area contributed by atoms with Gasteiger partial charge in [0, 0.05) is 28.9 Å². The van der Waals surface area contributed by atoms with Crippen LogP contribution in [-0.2, 0) is 28.9 Å². The molecule has 2 heterocycles. The first kappa shape index (κ1) is 32.7. The van der Waals surface area contributed by atoms with E-state index in [4.69, 9.17) is 4.74 Å². The summed E-state index contributed by atoms with van der Waals surface area (Å²) < 4.78 is 13.8. The average molecular weight is 591 g/mol. The van der Waals surface area contributed by atoms with Gasteiger partial charge >= 0.3 is 5.97 Å². The summed E-state index contributed by atoms with van der Waals surface area (Å²) in [6.45, 7) is 17.5. The number of carbonyl (C=O) groups is 1. The van der Waals surface area contributed by atoms with E-state index in [-0.39, 0.29) is 12.6 Å². The molecule has 3 rings (SSSR count). The van der Waals surface area contributed by atoms with Crippen molar-refractivity contribution < 1.29 is 14.3 Å². The number of hydrogen-bond acceptors (Lipinski definition) is 4. The van der Waals surface area contributed by atoms with Gasteiger partial charge in [-0.05, 0) is 85.8 Å². The molecule has 0 saturated heterocycles. The molecule has 0 N–H and O–H groups in total. The van der Waals surface area contributed by atoms with E-state index in [0.29, 0.717) is 0 Å². The number of rotatable bonds is 10. The van der Waals surface area contributed by atoms with Crippen LogP contribution in [0.15, 0.2) is 58.4 Å². The molecule has 6 heteroatoms. The van der Waals surface area contributed by atoms with Crippen LogP contribution in [0.4, 0.5) is 0 Å². The van der Waals surface area contributed by atoms with Crippen molar-refractivity contribution >= 4 is 44.1 Å².